The van der Waals surface area contributed by atoms with Crippen LogP contribution in [0.25, 0.3) is 0 Å². The molecule has 0 spiro atoms. The first-order valence-corrected chi connectivity index (χ1v) is 9.91. The van der Waals surface area contributed by atoms with E-state index in [1.54, 1.807) is 7.11 Å². The van der Waals surface area contributed by atoms with Gasteiger partial charge in [-0.25, -0.2) is 4.99 Å². The van der Waals surface area contributed by atoms with Crippen molar-refractivity contribution in [2.24, 2.45) is 15.7 Å². The van der Waals surface area contributed by atoms with Gasteiger partial charge in [0.1, 0.15) is 5.75 Å². The third-order valence-corrected chi connectivity index (χ3v) is 4.86. The van der Waals surface area contributed by atoms with E-state index in [0.29, 0.717) is 6.54 Å². The molecule has 148 valence electrons. The molecule has 0 unspecified atom stereocenters. The number of hydrogen-bond acceptors (Lipinski definition) is 6. The molecular formula is C22H29N5O. The fourth-order valence-corrected chi connectivity index (χ4v) is 3.32. The molecule has 1 aromatic heterocycles. The largest absolute Gasteiger partial charge is 0.496 e. The molecular weight excluding hydrogens is 350 g/mol. The lowest BCUT2D eigenvalue weighted by Gasteiger charge is -2.26. The predicted octanol–water partition coefficient (Wildman–Crippen LogP) is 2.92. The Morgan fingerprint density at radius 1 is 1.07 bits per heavy atom. The second kappa shape index (κ2) is 10.6. The van der Waals surface area contributed by atoms with Crippen molar-refractivity contribution in [2.45, 2.75) is 25.7 Å². The van der Waals surface area contributed by atoms with Crippen molar-refractivity contribution in [3.63, 3.8) is 0 Å². The Labute approximate surface area is 167 Å². The second-order valence-electron chi connectivity index (χ2n) is 6.77. The van der Waals surface area contributed by atoms with E-state index in [-0.39, 0.29) is 0 Å². The van der Waals surface area contributed by atoms with Crippen LogP contribution in [0.4, 0.5) is 0 Å². The van der Waals surface area contributed by atoms with E-state index in [1.807, 2.05) is 36.7 Å². The van der Waals surface area contributed by atoms with Gasteiger partial charge in [0, 0.05) is 38.4 Å². The average Bonchev–Trinajstić information content (AvgIpc) is 2.77. The highest BCUT2D eigenvalue weighted by Crippen LogP contribution is 2.19. The molecule has 0 atom stereocenters. The summed E-state index contributed by atoms with van der Waals surface area (Å²) in [6, 6.07) is 12.2. The molecule has 6 heteroatoms. The van der Waals surface area contributed by atoms with Crippen molar-refractivity contribution in [3.8, 4) is 5.75 Å². The Morgan fingerprint density at radius 3 is 2.68 bits per heavy atom. The third-order valence-electron chi connectivity index (χ3n) is 4.86. The molecule has 2 N–H and O–H groups in total. The third kappa shape index (κ3) is 5.39. The van der Waals surface area contributed by atoms with Crippen molar-refractivity contribution in [3.05, 3.63) is 59.9 Å². The number of ether oxygens (including phenoxy) is 1. The lowest BCUT2D eigenvalue weighted by atomic mass is 10.1. The molecule has 0 saturated carbocycles. The van der Waals surface area contributed by atoms with Gasteiger partial charge >= 0.3 is 0 Å². The minimum Gasteiger partial charge on any atom is -0.496 e. The average molecular weight is 380 g/mol. The first-order valence-electron chi connectivity index (χ1n) is 9.91. The van der Waals surface area contributed by atoms with Crippen molar-refractivity contribution in [1.29, 1.82) is 0 Å². The zero-order valence-electron chi connectivity index (χ0n) is 16.6. The minimum atomic E-state index is 0.707. The van der Waals surface area contributed by atoms with Crippen LogP contribution in [0.2, 0.25) is 0 Å². The normalized spacial score (nSPS) is 13.6. The van der Waals surface area contributed by atoms with Gasteiger partial charge in [0.05, 0.1) is 12.8 Å². The summed E-state index contributed by atoms with van der Waals surface area (Å²) < 4.78 is 5.50. The minimum absolute atomic E-state index is 0.707. The predicted molar refractivity (Wildman–Crippen MR) is 114 cm³/mol. The Balaban J connectivity index is 1.75. The van der Waals surface area contributed by atoms with Crippen molar-refractivity contribution in [2.75, 3.05) is 33.3 Å². The molecule has 1 aromatic carbocycles. The molecule has 1 aliphatic rings. The van der Waals surface area contributed by atoms with E-state index in [1.165, 1.54) is 5.56 Å². The first kappa shape index (κ1) is 20.0. The van der Waals surface area contributed by atoms with Crippen LogP contribution in [-0.2, 0) is 6.42 Å². The van der Waals surface area contributed by atoms with Crippen LogP contribution in [0.5, 0.6) is 5.75 Å². The number of aliphatic imine (C=N–C) groups is 2. The molecule has 0 saturated heterocycles. The summed E-state index contributed by atoms with van der Waals surface area (Å²) in [5, 5.41) is 0. The van der Waals surface area contributed by atoms with Gasteiger partial charge in [-0.3, -0.25) is 9.98 Å². The van der Waals surface area contributed by atoms with E-state index in [0.717, 1.165) is 68.3 Å². The summed E-state index contributed by atoms with van der Waals surface area (Å²) in [6.45, 7) is 3.21. The molecule has 6 nitrogen and oxygen atoms in total. The van der Waals surface area contributed by atoms with Crippen molar-refractivity contribution in [1.82, 2.24) is 9.88 Å². The fourth-order valence-electron chi connectivity index (χ4n) is 3.32. The highest BCUT2D eigenvalue weighted by atomic mass is 16.5. The van der Waals surface area contributed by atoms with Crippen LogP contribution >= 0.6 is 0 Å². The van der Waals surface area contributed by atoms with Gasteiger partial charge in [-0.1, -0.05) is 18.2 Å². The quantitative estimate of drug-likeness (QED) is 0.680. The number of methoxy groups -OCH3 is 1. The number of pyridine rings is 1. The van der Waals surface area contributed by atoms with Gasteiger partial charge in [-0.15, -0.1) is 0 Å². The lowest BCUT2D eigenvalue weighted by Crippen LogP contribution is -2.35. The van der Waals surface area contributed by atoms with E-state index in [2.05, 4.69) is 22.0 Å². The highest BCUT2D eigenvalue weighted by molar-refractivity contribution is 6.08. The number of hydrogen-bond donors (Lipinski definition) is 1. The van der Waals surface area contributed by atoms with Crippen LogP contribution in [-0.4, -0.2) is 54.8 Å². The molecule has 0 aliphatic carbocycles. The number of rotatable bonds is 9. The maximum Gasteiger partial charge on any atom is 0.220 e. The Kier molecular flexibility index (Phi) is 7.55. The number of benzene rings is 1. The van der Waals surface area contributed by atoms with Crippen LogP contribution in [0.15, 0.2) is 58.8 Å². The van der Waals surface area contributed by atoms with Gasteiger partial charge < -0.3 is 15.4 Å². The molecule has 0 amide bonds. The van der Waals surface area contributed by atoms with Crippen LogP contribution in [0.3, 0.4) is 0 Å². The molecule has 0 bridgehead atoms. The molecule has 28 heavy (non-hydrogen) atoms. The van der Waals surface area contributed by atoms with Crippen LogP contribution in [0, 0.1) is 0 Å². The van der Waals surface area contributed by atoms with Gasteiger partial charge in [-0.05, 0) is 55.1 Å². The number of guanidine groups is 1. The SMILES string of the molecule is COc1ccccc1CCN(CCCCN)C1=NCCC(c2ccncc2)=N1. The van der Waals surface area contributed by atoms with E-state index >= 15 is 0 Å². The Bertz CT molecular complexity index is 804. The van der Waals surface area contributed by atoms with E-state index in [9.17, 15) is 0 Å². The van der Waals surface area contributed by atoms with Crippen LogP contribution < -0.4 is 10.5 Å². The summed E-state index contributed by atoms with van der Waals surface area (Å²) in [5.41, 5.74) is 9.09. The van der Waals surface area contributed by atoms with Crippen molar-refractivity contribution < 1.29 is 4.74 Å². The summed E-state index contributed by atoms with van der Waals surface area (Å²) in [4.78, 5) is 16.0. The van der Waals surface area contributed by atoms with Gasteiger partial charge in [-0.2, -0.15) is 0 Å². The van der Waals surface area contributed by atoms with Gasteiger partial charge in [0.2, 0.25) is 5.96 Å². The smallest absolute Gasteiger partial charge is 0.220 e. The van der Waals surface area contributed by atoms with Gasteiger partial charge in [0.15, 0.2) is 0 Å². The molecule has 2 heterocycles. The zero-order chi connectivity index (χ0) is 19.6. The number of unbranched alkanes of at least 4 members (excludes halogenated alkanes) is 1. The second-order valence-corrected chi connectivity index (χ2v) is 6.77. The summed E-state index contributed by atoms with van der Waals surface area (Å²) >= 11 is 0. The summed E-state index contributed by atoms with van der Waals surface area (Å²) in [5.74, 6) is 1.75. The van der Waals surface area contributed by atoms with E-state index < -0.39 is 0 Å². The van der Waals surface area contributed by atoms with Gasteiger partial charge in [0.25, 0.3) is 0 Å². The summed E-state index contributed by atoms with van der Waals surface area (Å²) in [6.07, 6.45) is 7.39. The first-order chi connectivity index (χ1) is 13.8. The highest BCUT2D eigenvalue weighted by Gasteiger charge is 2.17. The lowest BCUT2D eigenvalue weighted by molar-refractivity contribution is 0.388. The number of aromatic nitrogens is 1. The number of nitrogens with two attached hydrogens (primary N) is 1. The summed E-state index contributed by atoms with van der Waals surface area (Å²) in [7, 11) is 1.72. The Hall–Kier alpha value is -2.73. The fraction of sp³-hybridized carbons (Fsp3) is 0.409. The number of nitrogens with zero attached hydrogens (tertiary/aromatic N) is 4. The standard InChI is InChI=1S/C22H29N5O/c1-28-21-7-3-2-6-19(21)11-17-27(16-5-4-12-23)22-25-15-10-20(26-22)18-8-13-24-14-9-18/h2-3,6-9,13-14H,4-5,10-12,15-17,23H2,1H3. The number of para-hydroxylation sites is 1. The molecule has 2 aromatic rings. The molecule has 0 fully saturated rings. The Morgan fingerprint density at radius 2 is 1.89 bits per heavy atom. The van der Waals surface area contributed by atoms with Crippen LogP contribution in [0.1, 0.15) is 30.4 Å². The van der Waals surface area contributed by atoms with Crippen molar-refractivity contribution >= 4 is 11.7 Å². The monoisotopic (exact) mass is 379 g/mol. The maximum atomic E-state index is 5.70. The van der Waals surface area contributed by atoms with E-state index in [4.69, 9.17) is 20.5 Å². The zero-order valence-corrected chi connectivity index (χ0v) is 16.6. The topological polar surface area (TPSA) is 76.1 Å². The molecule has 1 aliphatic heterocycles. The maximum absolute atomic E-state index is 5.70. The molecule has 3 rings (SSSR count). The molecule has 0 radical (unpaired) electrons.